The molecule has 2 aromatic carbocycles. The summed E-state index contributed by atoms with van der Waals surface area (Å²) < 4.78 is 5.56. The van der Waals surface area contributed by atoms with Gasteiger partial charge in [-0.15, -0.1) is 0 Å². The highest BCUT2D eigenvalue weighted by Gasteiger charge is 2.45. The Labute approximate surface area is 193 Å². The molecule has 3 N–H and O–H groups in total. The highest BCUT2D eigenvalue weighted by Crippen LogP contribution is 2.44. The van der Waals surface area contributed by atoms with Crippen LogP contribution in [-0.4, -0.2) is 41.3 Å². The van der Waals surface area contributed by atoms with Crippen molar-refractivity contribution in [1.29, 1.82) is 0 Å². The molecule has 33 heavy (non-hydrogen) atoms. The van der Waals surface area contributed by atoms with Gasteiger partial charge in [-0.3, -0.25) is 9.59 Å². The van der Waals surface area contributed by atoms with Gasteiger partial charge in [0.1, 0.15) is 6.61 Å². The number of nitrogens with one attached hydrogen (secondary N) is 2. The largest absolute Gasteiger partial charge is 0.481 e. The quantitative estimate of drug-likeness (QED) is 0.503. The normalized spacial score (nSPS) is 16.3. The van der Waals surface area contributed by atoms with Crippen molar-refractivity contribution < 1.29 is 24.2 Å². The second-order valence-corrected chi connectivity index (χ2v) is 9.16. The number of alkyl carbamates (subject to hydrolysis) is 1. The maximum Gasteiger partial charge on any atom is 0.407 e. The fourth-order valence-corrected chi connectivity index (χ4v) is 4.63. The number of carboxylic acids is 1. The summed E-state index contributed by atoms with van der Waals surface area (Å²) in [7, 11) is 0. The number of fused-ring (bicyclic) bond motifs is 3. The van der Waals surface area contributed by atoms with Crippen LogP contribution in [0.15, 0.2) is 48.5 Å². The van der Waals surface area contributed by atoms with E-state index in [9.17, 15) is 14.4 Å². The molecule has 2 aliphatic carbocycles. The molecule has 0 aromatic heterocycles. The van der Waals surface area contributed by atoms with Gasteiger partial charge in [0.15, 0.2) is 0 Å². The van der Waals surface area contributed by atoms with E-state index in [-0.39, 0.29) is 30.9 Å². The molecule has 7 heteroatoms. The van der Waals surface area contributed by atoms with Crippen LogP contribution in [0.25, 0.3) is 11.1 Å². The second kappa shape index (κ2) is 9.65. The van der Waals surface area contributed by atoms with Crippen LogP contribution in [0.5, 0.6) is 0 Å². The minimum Gasteiger partial charge on any atom is -0.481 e. The molecule has 0 spiro atoms. The first-order valence-electron chi connectivity index (χ1n) is 11.5. The van der Waals surface area contributed by atoms with E-state index in [0.717, 1.165) is 0 Å². The van der Waals surface area contributed by atoms with Crippen molar-refractivity contribution in [2.75, 3.05) is 6.61 Å². The van der Waals surface area contributed by atoms with E-state index in [1.807, 2.05) is 31.2 Å². The van der Waals surface area contributed by atoms with Gasteiger partial charge in [-0.1, -0.05) is 48.5 Å². The Morgan fingerprint density at radius 1 is 1.06 bits per heavy atom. The molecule has 2 aromatic rings. The van der Waals surface area contributed by atoms with Crippen molar-refractivity contribution in [3.8, 4) is 11.1 Å². The number of hydrogen-bond donors (Lipinski definition) is 3. The third-order valence-corrected chi connectivity index (χ3v) is 6.50. The zero-order chi connectivity index (χ0) is 23.4. The van der Waals surface area contributed by atoms with Gasteiger partial charge < -0.3 is 20.5 Å². The Kier molecular flexibility index (Phi) is 6.67. The molecule has 7 nitrogen and oxygen atoms in total. The van der Waals surface area contributed by atoms with E-state index in [4.69, 9.17) is 9.84 Å². The molecular weight excluding hydrogens is 420 g/mol. The Hall–Kier alpha value is -3.35. The van der Waals surface area contributed by atoms with Crippen LogP contribution in [-0.2, 0) is 14.3 Å². The summed E-state index contributed by atoms with van der Waals surface area (Å²) in [5.41, 5.74) is 4.16. The van der Waals surface area contributed by atoms with E-state index in [0.29, 0.717) is 32.1 Å². The average Bonchev–Trinajstić information content (AvgIpc) is 3.43. The van der Waals surface area contributed by atoms with Gasteiger partial charge in [-0.25, -0.2) is 4.79 Å². The molecular formula is C26H30N2O5. The number of aliphatic carboxylic acids is 1. The number of carbonyl (C=O) groups excluding carboxylic acids is 2. The molecule has 0 heterocycles. The predicted octanol–water partition coefficient (Wildman–Crippen LogP) is 4.21. The van der Waals surface area contributed by atoms with E-state index < -0.39 is 17.6 Å². The van der Waals surface area contributed by atoms with Gasteiger partial charge in [0.25, 0.3) is 0 Å². The first-order valence-corrected chi connectivity index (χ1v) is 11.5. The standard InChI is InChI=1S/C26H30N2O5/c1-17(7-6-12-23(29)28-26(13-14-26)15-24(30)31)27-25(32)33-16-22-20-10-4-2-8-18(20)19-9-3-5-11-21(19)22/h2-5,8-11,17,22H,6-7,12-16H2,1H3,(H,27,32)(H,28,29)(H,30,31). The molecule has 2 aliphatic rings. The minimum atomic E-state index is -0.895. The van der Waals surface area contributed by atoms with E-state index in [2.05, 4.69) is 34.9 Å². The molecule has 0 radical (unpaired) electrons. The molecule has 1 fully saturated rings. The molecule has 1 saturated carbocycles. The van der Waals surface area contributed by atoms with Crippen LogP contribution >= 0.6 is 0 Å². The number of amides is 2. The van der Waals surface area contributed by atoms with Gasteiger partial charge in [0.2, 0.25) is 5.91 Å². The van der Waals surface area contributed by atoms with Crippen molar-refractivity contribution in [2.24, 2.45) is 0 Å². The molecule has 174 valence electrons. The number of rotatable bonds is 10. The Bertz CT molecular complexity index is 1000. The minimum absolute atomic E-state index is 0.0164. The zero-order valence-corrected chi connectivity index (χ0v) is 18.8. The second-order valence-electron chi connectivity index (χ2n) is 9.16. The van der Waals surface area contributed by atoms with Crippen molar-refractivity contribution in [2.45, 2.75) is 62.9 Å². The highest BCUT2D eigenvalue weighted by molar-refractivity contribution is 5.80. The van der Waals surface area contributed by atoms with Gasteiger partial charge in [-0.05, 0) is 54.9 Å². The number of carboxylic acid groups (broad SMARTS) is 1. The number of carbonyl (C=O) groups is 3. The SMILES string of the molecule is CC(CCCC(=O)NC1(CC(=O)O)CC1)NC(=O)OCC1c2ccccc2-c2ccccc21. The van der Waals surface area contributed by atoms with E-state index >= 15 is 0 Å². The van der Waals surface area contributed by atoms with Crippen molar-refractivity contribution in [1.82, 2.24) is 10.6 Å². The number of benzene rings is 2. The van der Waals surface area contributed by atoms with Crippen molar-refractivity contribution in [3.05, 3.63) is 59.7 Å². The van der Waals surface area contributed by atoms with Gasteiger partial charge in [0.05, 0.1) is 12.0 Å². The van der Waals surface area contributed by atoms with Gasteiger partial charge >= 0.3 is 12.1 Å². The fourth-order valence-electron chi connectivity index (χ4n) is 4.63. The molecule has 0 saturated heterocycles. The van der Waals surface area contributed by atoms with Crippen LogP contribution in [0, 0.1) is 0 Å². The average molecular weight is 451 g/mol. The monoisotopic (exact) mass is 450 g/mol. The first-order chi connectivity index (χ1) is 15.9. The summed E-state index contributed by atoms with van der Waals surface area (Å²) >= 11 is 0. The summed E-state index contributed by atoms with van der Waals surface area (Å²) in [4.78, 5) is 35.4. The van der Waals surface area contributed by atoms with Crippen LogP contribution in [0.2, 0.25) is 0 Å². The molecule has 1 atom stereocenters. The molecule has 0 bridgehead atoms. The predicted molar refractivity (Wildman–Crippen MR) is 124 cm³/mol. The first kappa shape index (κ1) is 22.8. The maximum absolute atomic E-state index is 12.4. The molecule has 1 unspecified atom stereocenters. The Morgan fingerprint density at radius 2 is 1.67 bits per heavy atom. The third-order valence-electron chi connectivity index (χ3n) is 6.50. The lowest BCUT2D eigenvalue weighted by molar-refractivity contribution is -0.138. The van der Waals surface area contributed by atoms with Gasteiger partial charge in [0, 0.05) is 18.4 Å². The van der Waals surface area contributed by atoms with Crippen molar-refractivity contribution in [3.63, 3.8) is 0 Å². The summed E-state index contributed by atoms with van der Waals surface area (Å²) in [5.74, 6) is -1.02. The lowest BCUT2D eigenvalue weighted by atomic mass is 9.98. The fraction of sp³-hybridized carbons (Fsp3) is 0.423. The summed E-state index contributed by atoms with van der Waals surface area (Å²) in [5, 5.41) is 14.6. The van der Waals surface area contributed by atoms with Crippen LogP contribution in [0.3, 0.4) is 0 Å². The molecule has 0 aliphatic heterocycles. The lowest BCUT2D eigenvalue weighted by Gasteiger charge is -2.18. The lowest BCUT2D eigenvalue weighted by Crippen LogP contribution is -2.38. The molecule has 4 rings (SSSR count). The molecule has 2 amide bonds. The van der Waals surface area contributed by atoms with Gasteiger partial charge in [-0.2, -0.15) is 0 Å². The summed E-state index contributed by atoms with van der Waals surface area (Å²) in [6, 6.07) is 16.3. The summed E-state index contributed by atoms with van der Waals surface area (Å²) in [6.45, 7) is 2.15. The van der Waals surface area contributed by atoms with E-state index in [1.165, 1.54) is 22.3 Å². The topological polar surface area (TPSA) is 105 Å². The smallest absolute Gasteiger partial charge is 0.407 e. The van der Waals surface area contributed by atoms with Crippen molar-refractivity contribution >= 4 is 18.0 Å². The third kappa shape index (κ3) is 5.53. The maximum atomic E-state index is 12.4. The Balaban J connectivity index is 1.20. The van der Waals surface area contributed by atoms with Crippen LogP contribution in [0.4, 0.5) is 4.79 Å². The highest BCUT2D eigenvalue weighted by atomic mass is 16.5. The van der Waals surface area contributed by atoms with Crippen LogP contribution in [0.1, 0.15) is 62.5 Å². The van der Waals surface area contributed by atoms with Crippen LogP contribution < -0.4 is 10.6 Å². The summed E-state index contributed by atoms with van der Waals surface area (Å²) in [6.07, 6.45) is 2.46. The Morgan fingerprint density at radius 3 is 2.24 bits per heavy atom. The zero-order valence-electron chi connectivity index (χ0n) is 18.8. The number of ether oxygens (including phenoxy) is 1. The number of hydrogen-bond acceptors (Lipinski definition) is 4. The van der Waals surface area contributed by atoms with E-state index in [1.54, 1.807) is 0 Å².